The lowest BCUT2D eigenvalue weighted by atomic mass is 10.1. The van der Waals surface area contributed by atoms with Gasteiger partial charge in [0.05, 0.1) is 19.3 Å². The van der Waals surface area contributed by atoms with Gasteiger partial charge in [0, 0.05) is 30.7 Å². The summed E-state index contributed by atoms with van der Waals surface area (Å²) in [5.74, 6) is 1.42. The standard InChI is InChI=1S/C13H16ClNO4/c14-11-4-13-12(18-8-19-13)3-9(11)5-15-1-2-17-7-10(16)6-15/h3-4,10,16H,1-2,5-8H2/t10-/m0/s1. The van der Waals surface area contributed by atoms with Crippen molar-refractivity contribution in [3.05, 3.63) is 22.7 Å². The second kappa shape index (κ2) is 5.54. The van der Waals surface area contributed by atoms with Crippen LogP contribution in [0.4, 0.5) is 0 Å². The van der Waals surface area contributed by atoms with Crippen molar-refractivity contribution < 1.29 is 19.3 Å². The minimum Gasteiger partial charge on any atom is -0.454 e. The van der Waals surface area contributed by atoms with Crippen LogP contribution in [0.2, 0.25) is 5.02 Å². The van der Waals surface area contributed by atoms with Crippen molar-refractivity contribution in [3.8, 4) is 11.5 Å². The third-order valence-corrected chi connectivity index (χ3v) is 3.62. The van der Waals surface area contributed by atoms with E-state index in [4.69, 9.17) is 25.8 Å². The molecule has 0 aromatic heterocycles. The number of aliphatic hydroxyl groups excluding tert-OH is 1. The molecule has 1 aromatic carbocycles. The fourth-order valence-electron chi connectivity index (χ4n) is 2.32. The van der Waals surface area contributed by atoms with E-state index < -0.39 is 6.10 Å². The lowest BCUT2D eigenvalue weighted by Crippen LogP contribution is -2.32. The third kappa shape index (κ3) is 2.95. The lowest BCUT2D eigenvalue weighted by Gasteiger charge is -2.21. The van der Waals surface area contributed by atoms with Gasteiger partial charge in [0.2, 0.25) is 6.79 Å². The predicted molar refractivity (Wildman–Crippen MR) is 69.7 cm³/mol. The zero-order valence-corrected chi connectivity index (χ0v) is 11.2. The zero-order chi connectivity index (χ0) is 13.2. The summed E-state index contributed by atoms with van der Waals surface area (Å²) < 4.78 is 15.9. The first-order valence-electron chi connectivity index (χ1n) is 6.28. The van der Waals surface area contributed by atoms with E-state index in [-0.39, 0.29) is 6.79 Å². The van der Waals surface area contributed by atoms with E-state index in [0.717, 1.165) is 17.9 Å². The average Bonchev–Trinajstić information content (AvgIpc) is 2.71. The molecule has 1 saturated heterocycles. The van der Waals surface area contributed by atoms with Gasteiger partial charge in [-0.15, -0.1) is 0 Å². The van der Waals surface area contributed by atoms with Gasteiger partial charge in [-0.05, 0) is 11.6 Å². The molecule has 6 heteroatoms. The first-order valence-corrected chi connectivity index (χ1v) is 6.66. The van der Waals surface area contributed by atoms with Crippen LogP contribution in [-0.4, -0.2) is 49.2 Å². The quantitative estimate of drug-likeness (QED) is 0.887. The van der Waals surface area contributed by atoms with Crippen molar-refractivity contribution in [2.45, 2.75) is 12.6 Å². The van der Waals surface area contributed by atoms with Crippen LogP contribution < -0.4 is 9.47 Å². The number of nitrogens with zero attached hydrogens (tertiary/aromatic N) is 1. The first kappa shape index (κ1) is 13.0. The van der Waals surface area contributed by atoms with Gasteiger partial charge >= 0.3 is 0 Å². The maximum Gasteiger partial charge on any atom is 0.231 e. The van der Waals surface area contributed by atoms with Crippen LogP contribution in [0.5, 0.6) is 11.5 Å². The number of fused-ring (bicyclic) bond motifs is 1. The van der Waals surface area contributed by atoms with Gasteiger partial charge in [0.15, 0.2) is 11.5 Å². The van der Waals surface area contributed by atoms with Gasteiger partial charge in [0.1, 0.15) is 0 Å². The number of hydrogen-bond donors (Lipinski definition) is 1. The summed E-state index contributed by atoms with van der Waals surface area (Å²) in [5, 5.41) is 10.4. The highest BCUT2D eigenvalue weighted by Gasteiger charge is 2.20. The van der Waals surface area contributed by atoms with Crippen molar-refractivity contribution in [2.75, 3.05) is 33.1 Å². The van der Waals surface area contributed by atoms with Gasteiger partial charge in [-0.3, -0.25) is 4.90 Å². The van der Waals surface area contributed by atoms with Gasteiger partial charge in [-0.25, -0.2) is 0 Å². The van der Waals surface area contributed by atoms with Gasteiger partial charge < -0.3 is 19.3 Å². The molecule has 2 heterocycles. The summed E-state index contributed by atoms with van der Waals surface area (Å²) in [6.07, 6.45) is -0.449. The zero-order valence-electron chi connectivity index (χ0n) is 10.5. The Balaban J connectivity index is 1.75. The Bertz CT molecular complexity index is 468. The Kier molecular flexibility index (Phi) is 3.79. The van der Waals surface area contributed by atoms with Gasteiger partial charge in [0.25, 0.3) is 0 Å². The molecule has 0 spiro atoms. The Labute approximate surface area is 116 Å². The molecular weight excluding hydrogens is 270 g/mol. The minimum absolute atomic E-state index is 0.241. The van der Waals surface area contributed by atoms with Crippen LogP contribution >= 0.6 is 11.6 Å². The minimum atomic E-state index is -0.449. The van der Waals surface area contributed by atoms with E-state index in [0.29, 0.717) is 37.1 Å². The van der Waals surface area contributed by atoms with Crippen molar-refractivity contribution in [1.29, 1.82) is 0 Å². The van der Waals surface area contributed by atoms with E-state index in [1.807, 2.05) is 6.07 Å². The van der Waals surface area contributed by atoms with Crippen molar-refractivity contribution >= 4 is 11.6 Å². The maximum atomic E-state index is 9.72. The van der Waals surface area contributed by atoms with E-state index in [1.165, 1.54) is 0 Å². The summed E-state index contributed by atoms with van der Waals surface area (Å²) in [4.78, 5) is 2.13. The Hall–Kier alpha value is -1.01. The molecule has 2 aliphatic rings. The van der Waals surface area contributed by atoms with Gasteiger partial charge in [-0.2, -0.15) is 0 Å². The highest BCUT2D eigenvalue weighted by molar-refractivity contribution is 6.31. The molecule has 0 amide bonds. The van der Waals surface area contributed by atoms with Crippen LogP contribution in [0.3, 0.4) is 0 Å². The summed E-state index contributed by atoms with van der Waals surface area (Å²) >= 11 is 6.25. The largest absolute Gasteiger partial charge is 0.454 e. The second-order valence-electron chi connectivity index (χ2n) is 4.76. The average molecular weight is 286 g/mol. The third-order valence-electron chi connectivity index (χ3n) is 3.27. The monoisotopic (exact) mass is 285 g/mol. The Morgan fingerprint density at radius 2 is 2.11 bits per heavy atom. The molecule has 0 saturated carbocycles. The Morgan fingerprint density at radius 1 is 1.32 bits per heavy atom. The molecule has 5 nitrogen and oxygen atoms in total. The van der Waals surface area contributed by atoms with Crippen molar-refractivity contribution in [2.24, 2.45) is 0 Å². The number of ether oxygens (including phenoxy) is 3. The second-order valence-corrected chi connectivity index (χ2v) is 5.17. The fourth-order valence-corrected chi connectivity index (χ4v) is 2.53. The maximum absolute atomic E-state index is 9.72. The lowest BCUT2D eigenvalue weighted by molar-refractivity contribution is 0.0562. The van der Waals surface area contributed by atoms with E-state index >= 15 is 0 Å². The number of halogens is 1. The number of aliphatic hydroxyl groups is 1. The summed E-state index contributed by atoms with van der Waals surface area (Å²) in [6.45, 7) is 3.29. The van der Waals surface area contributed by atoms with Crippen LogP contribution in [-0.2, 0) is 11.3 Å². The molecule has 1 aromatic rings. The van der Waals surface area contributed by atoms with Gasteiger partial charge in [-0.1, -0.05) is 11.6 Å². The van der Waals surface area contributed by atoms with Crippen molar-refractivity contribution in [1.82, 2.24) is 4.90 Å². The van der Waals surface area contributed by atoms with Crippen molar-refractivity contribution in [3.63, 3.8) is 0 Å². The number of benzene rings is 1. The Morgan fingerprint density at radius 3 is 2.95 bits per heavy atom. The highest BCUT2D eigenvalue weighted by Crippen LogP contribution is 2.37. The number of rotatable bonds is 2. The van der Waals surface area contributed by atoms with E-state index in [1.54, 1.807) is 6.07 Å². The molecule has 0 radical (unpaired) electrons. The van der Waals surface area contributed by atoms with Crippen LogP contribution in [0.15, 0.2) is 12.1 Å². The van der Waals surface area contributed by atoms with Crippen LogP contribution in [0, 0.1) is 0 Å². The molecule has 1 N–H and O–H groups in total. The molecular formula is C13H16ClNO4. The smallest absolute Gasteiger partial charge is 0.231 e. The molecule has 2 aliphatic heterocycles. The molecule has 0 unspecified atom stereocenters. The van der Waals surface area contributed by atoms with E-state index in [2.05, 4.69) is 4.90 Å². The fraction of sp³-hybridized carbons (Fsp3) is 0.538. The topological polar surface area (TPSA) is 51.2 Å². The first-order chi connectivity index (χ1) is 9.22. The summed E-state index contributed by atoms with van der Waals surface area (Å²) in [5.41, 5.74) is 0.972. The SMILES string of the molecule is O[C@@H]1COCCN(Cc2cc3c(cc2Cl)OCO3)C1. The van der Waals surface area contributed by atoms with Crippen LogP contribution in [0.25, 0.3) is 0 Å². The molecule has 0 aliphatic carbocycles. The highest BCUT2D eigenvalue weighted by atomic mass is 35.5. The molecule has 104 valence electrons. The molecule has 0 bridgehead atoms. The molecule has 1 fully saturated rings. The number of β-amino-alcohol motifs (C(OH)–C–C–N with tert-alkyl or cyclic N) is 1. The molecule has 1 atom stereocenters. The normalized spacial score (nSPS) is 23.4. The number of hydrogen-bond acceptors (Lipinski definition) is 5. The predicted octanol–water partition coefficient (Wildman–Crippen LogP) is 1.26. The molecule has 3 rings (SSSR count). The molecule has 19 heavy (non-hydrogen) atoms. The van der Waals surface area contributed by atoms with Crippen LogP contribution in [0.1, 0.15) is 5.56 Å². The summed E-state index contributed by atoms with van der Waals surface area (Å²) in [6, 6.07) is 3.69. The summed E-state index contributed by atoms with van der Waals surface area (Å²) in [7, 11) is 0. The van der Waals surface area contributed by atoms with E-state index in [9.17, 15) is 5.11 Å².